The molecular formula is C8H8BrN3O2S2. The van der Waals surface area contributed by atoms with E-state index in [1.165, 1.54) is 23.7 Å². The van der Waals surface area contributed by atoms with E-state index in [0.29, 0.717) is 0 Å². The molecule has 0 atom stereocenters. The lowest BCUT2D eigenvalue weighted by Gasteiger charge is -2.03. The second kappa shape index (κ2) is 4.66. The summed E-state index contributed by atoms with van der Waals surface area (Å²) in [4.78, 5) is 1.08. The highest BCUT2D eigenvalue weighted by Gasteiger charge is 2.15. The molecule has 0 fully saturated rings. The molecule has 5 nitrogen and oxygen atoms in total. The van der Waals surface area contributed by atoms with Crippen LogP contribution in [0.5, 0.6) is 0 Å². The highest BCUT2D eigenvalue weighted by atomic mass is 79.9. The van der Waals surface area contributed by atoms with Crippen LogP contribution in [0.4, 0.5) is 0 Å². The van der Waals surface area contributed by atoms with Gasteiger partial charge in [0.25, 0.3) is 0 Å². The second-order valence-corrected chi connectivity index (χ2v) is 6.57. The monoisotopic (exact) mass is 321 g/mol. The number of hydrogen-bond acceptors (Lipinski definition) is 4. The normalized spacial score (nSPS) is 11.8. The Labute approximate surface area is 105 Å². The molecular weight excluding hydrogens is 314 g/mol. The Morgan fingerprint density at radius 1 is 1.56 bits per heavy atom. The topological polar surface area (TPSA) is 74.8 Å². The van der Waals surface area contributed by atoms with Gasteiger partial charge in [-0.2, -0.15) is 5.10 Å². The van der Waals surface area contributed by atoms with Crippen molar-refractivity contribution < 1.29 is 8.42 Å². The third kappa shape index (κ3) is 2.51. The Balaban J connectivity index is 2.09. The molecule has 0 unspecified atom stereocenters. The van der Waals surface area contributed by atoms with Gasteiger partial charge in [-0.3, -0.25) is 5.10 Å². The van der Waals surface area contributed by atoms with Crippen LogP contribution in [-0.4, -0.2) is 18.6 Å². The summed E-state index contributed by atoms with van der Waals surface area (Å²) >= 11 is 4.83. The van der Waals surface area contributed by atoms with Crippen molar-refractivity contribution >= 4 is 37.3 Å². The first-order valence-corrected chi connectivity index (χ1v) is 7.45. The van der Waals surface area contributed by atoms with Gasteiger partial charge in [-0.15, -0.1) is 11.3 Å². The smallest absolute Gasteiger partial charge is 0.244 e. The van der Waals surface area contributed by atoms with E-state index in [1.807, 2.05) is 11.4 Å². The van der Waals surface area contributed by atoms with Gasteiger partial charge in [-0.25, -0.2) is 13.1 Å². The van der Waals surface area contributed by atoms with Gasteiger partial charge in [0.2, 0.25) is 10.0 Å². The van der Waals surface area contributed by atoms with Crippen LogP contribution in [0.2, 0.25) is 0 Å². The van der Waals surface area contributed by atoms with Crippen LogP contribution in [0.1, 0.15) is 4.88 Å². The van der Waals surface area contributed by atoms with Gasteiger partial charge in [0.05, 0.1) is 6.20 Å². The van der Waals surface area contributed by atoms with Crippen molar-refractivity contribution in [1.29, 1.82) is 0 Å². The lowest BCUT2D eigenvalue weighted by molar-refractivity contribution is 0.582. The molecule has 2 N–H and O–H groups in total. The van der Waals surface area contributed by atoms with Crippen molar-refractivity contribution in [3.05, 3.63) is 33.2 Å². The maximum absolute atomic E-state index is 11.7. The SMILES string of the molecule is O=S(=O)(NCc1sccc1Br)c1cn[nH]c1. The van der Waals surface area contributed by atoms with Gasteiger partial charge >= 0.3 is 0 Å². The first-order valence-electron chi connectivity index (χ1n) is 4.30. The first kappa shape index (κ1) is 11.8. The molecule has 0 spiro atoms. The minimum absolute atomic E-state index is 0.139. The number of sulfonamides is 1. The number of thiophene rings is 1. The number of halogens is 1. The van der Waals surface area contributed by atoms with Gasteiger partial charge in [0, 0.05) is 22.1 Å². The van der Waals surface area contributed by atoms with Gasteiger partial charge in [0.15, 0.2) is 0 Å². The van der Waals surface area contributed by atoms with Crippen LogP contribution in [0.3, 0.4) is 0 Å². The first-order chi connectivity index (χ1) is 7.59. The number of H-pyrrole nitrogens is 1. The van der Waals surface area contributed by atoms with E-state index in [2.05, 4.69) is 30.8 Å². The van der Waals surface area contributed by atoms with Crippen LogP contribution in [0.15, 0.2) is 33.2 Å². The molecule has 2 heterocycles. The number of hydrogen-bond donors (Lipinski definition) is 2. The lowest BCUT2D eigenvalue weighted by Crippen LogP contribution is -2.22. The Morgan fingerprint density at radius 3 is 2.94 bits per heavy atom. The maximum atomic E-state index is 11.7. The number of nitrogens with one attached hydrogen (secondary N) is 2. The van der Waals surface area contributed by atoms with E-state index >= 15 is 0 Å². The Hall–Kier alpha value is -0.700. The molecule has 2 rings (SSSR count). The molecule has 0 aliphatic carbocycles. The summed E-state index contributed by atoms with van der Waals surface area (Å²) in [5.41, 5.74) is 0. The van der Waals surface area contributed by atoms with Crippen LogP contribution in [0, 0.1) is 0 Å². The summed E-state index contributed by atoms with van der Waals surface area (Å²) in [6, 6.07) is 1.88. The molecule has 0 aliphatic heterocycles. The standard InChI is InChI=1S/C8H8BrN3O2S2/c9-7-1-2-15-8(7)5-12-16(13,14)6-3-10-11-4-6/h1-4,12H,5H2,(H,10,11). The highest BCUT2D eigenvalue weighted by molar-refractivity contribution is 9.10. The predicted molar refractivity (Wildman–Crippen MR) is 64.6 cm³/mol. The van der Waals surface area contributed by atoms with Crippen LogP contribution in [-0.2, 0) is 16.6 Å². The Morgan fingerprint density at radius 2 is 2.38 bits per heavy atom. The van der Waals surface area contributed by atoms with E-state index in [9.17, 15) is 8.42 Å². The summed E-state index contributed by atoms with van der Waals surface area (Å²) in [6.45, 7) is 0.270. The average molecular weight is 322 g/mol. The summed E-state index contributed by atoms with van der Waals surface area (Å²) in [7, 11) is -3.47. The zero-order valence-electron chi connectivity index (χ0n) is 7.97. The molecule has 0 amide bonds. The fraction of sp³-hybridized carbons (Fsp3) is 0.125. The Kier molecular flexibility index (Phi) is 3.43. The fourth-order valence-corrected chi connectivity index (χ4v) is 3.51. The minimum Gasteiger partial charge on any atom is -0.284 e. The van der Waals surface area contributed by atoms with E-state index < -0.39 is 10.0 Å². The molecule has 0 aromatic carbocycles. The van der Waals surface area contributed by atoms with Gasteiger partial charge < -0.3 is 0 Å². The van der Waals surface area contributed by atoms with Gasteiger partial charge in [-0.1, -0.05) is 0 Å². The van der Waals surface area contributed by atoms with Crippen LogP contribution < -0.4 is 4.72 Å². The molecule has 0 aliphatic rings. The van der Waals surface area contributed by atoms with Crippen molar-refractivity contribution in [3.8, 4) is 0 Å². The van der Waals surface area contributed by atoms with Crippen LogP contribution in [0.25, 0.3) is 0 Å². The zero-order chi connectivity index (χ0) is 11.6. The molecule has 86 valence electrons. The number of nitrogens with zero attached hydrogens (tertiary/aromatic N) is 1. The van der Waals surface area contributed by atoms with E-state index in [1.54, 1.807) is 0 Å². The van der Waals surface area contributed by atoms with E-state index in [4.69, 9.17) is 0 Å². The third-order valence-corrected chi connectivity index (χ3v) is 5.19. The van der Waals surface area contributed by atoms with Crippen LogP contribution >= 0.6 is 27.3 Å². The second-order valence-electron chi connectivity index (χ2n) is 2.95. The summed E-state index contributed by atoms with van der Waals surface area (Å²) in [5.74, 6) is 0. The largest absolute Gasteiger partial charge is 0.284 e. The fourth-order valence-electron chi connectivity index (χ4n) is 1.08. The predicted octanol–water partition coefficient (Wildman–Crippen LogP) is 1.71. The van der Waals surface area contributed by atoms with Crippen molar-refractivity contribution in [2.75, 3.05) is 0 Å². The summed E-state index contributed by atoms with van der Waals surface area (Å²) < 4.78 is 26.8. The maximum Gasteiger partial charge on any atom is 0.244 e. The number of aromatic amines is 1. The molecule has 8 heteroatoms. The lowest BCUT2D eigenvalue weighted by atomic mass is 10.5. The number of aromatic nitrogens is 2. The molecule has 0 saturated heterocycles. The Bertz CT molecular complexity index is 562. The van der Waals surface area contributed by atoms with Crippen molar-refractivity contribution in [3.63, 3.8) is 0 Å². The average Bonchev–Trinajstić information content (AvgIpc) is 2.85. The molecule has 2 aromatic heterocycles. The van der Waals surface area contributed by atoms with Crippen molar-refractivity contribution in [1.82, 2.24) is 14.9 Å². The zero-order valence-corrected chi connectivity index (χ0v) is 11.2. The van der Waals surface area contributed by atoms with Crippen molar-refractivity contribution in [2.24, 2.45) is 0 Å². The molecule has 0 radical (unpaired) electrons. The van der Waals surface area contributed by atoms with E-state index in [-0.39, 0.29) is 11.4 Å². The highest BCUT2D eigenvalue weighted by Crippen LogP contribution is 2.22. The molecule has 0 bridgehead atoms. The molecule has 0 saturated carbocycles. The van der Waals surface area contributed by atoms with Gasteiger partial charge in [-0.05, 0) is 27.4 Å². The minimum atomic E-state index is -3.47. The van der Waals surface area contributed by atoms with Gasteiger partial charge in [0.1, 0.15) is 4.90 Å². The quantitative estimate of drug-likeness (QED) is 0.900. The van der Waals surface area contributed by atoms with E-state index in [0.717, 1.165) is 9.35 Å². The van der Waals surface area contributed by atoms with Crippen molar-refractivity contribution in [2.45, 2.75) is 11.4 Å². The summed E-state index contributed by atoms with van der Waals surface area (Å²) in [5, 5.41) is 7.96. The third-order valence-electron chi connectivity index (χ3n) is 1.90. The molecule has 2 aromatic rings. The molecule has 16 heavy (non-hydrogen) atoms. The number of rotatable bonds is 4. The summed E-state index contributed by atoms with van der Waals surface area (Å²) in [6.07, 6.45) is 2.61.